The lowest BCUT2D eigenvalue weighted by molar-refractivity contribution is -0.192. The molecule has 11 heteroatoms. The normalized spacial score (nSPS) is 19.2. The highest BCUT2D eigenvalue weighted by Crippen LogP contribution is 2.25. The molecular formula is C21H27F3N4O3S. The fraction of sp³-hybridized carbons (Fsp3) is 0.571. The molecule has 1 atom stereocenters. The average molecular weight is 473 g/mol. The number of aryl methyl sites for hydroxylation is 2. The Morgan fingerprint density at radius 1 is 1.22 bits per heavy atom. The number of hydrogen-bond acceptors (Lipinski definition) is 5. The third kappa shape index (κ3) is 6.10. The first kappa shape index (κ1) is 24.2. The zero-order chi connectivity index (χ0) is 23.5. The second-order valence-electron chi connectivity index (χ2n) is 8.22. The van der Waals surface area contributed by atoms with Gasteiger partial charge >= 0.3 is 12.1 Å². The van der Waals surface area contributed by atoms with Gasteiger partial charge in [-0.3, -0.25) is 9.48 Å². The summed E-state index contributed by atoms with van der Waals surface area (Å²) in [5.74, 6) is -2.15. The van der Waals surface area contributed by atoms with Gasteiger partial charge in [-0.25, -0.2) is 4.79 Å². The van der Waals surface area contributed by atoms with Gasteiger partial charge < -0.3 is 14.9 Å². The van der Waals surface area contributed by atoms with E-state index in [9.17, 15) is 18.0 Å². The largest absolute Gasteiger partial charge is 0.490 e. The molecule has 32 heavy (non-hydrogen) atoms. The molecular weight excluding hydrogens is 445 g/mol. The van der Waals surface area contributed by atoms with Gasteiger partial charge in [0.2, 0.25) is 0 Å². The minimum absolute atomic E-state index is 0.169. The van der Waals surface area contributed by atoms with Crippen molar-refractivity contribution >= 4 is 23.2 Å². The smallest absolute Gasteiger partial charge is 0.475 e. The maximum Gasteiger partial charge on any atom is 0.490 e. The number of thiophene rings is 1. The summed E-state index contributed by atoms with van der Waals surface area (Å²) in [6.07, 6.45) is -0.623. The van der Waals surface area contributed by atoms with Crippen LogP contribution in [0.25, 0.3) is 0 Å². The van der Waals surface area contributed by atoms with Crippen LogP contribution >= 0.6 is 11.3 Å². The second kappa shape index (κ2) is 10.0. The highest BCUT2D eigenvalue weighted by atomic mass is 32.1. The molecule has 0 saturated carbocycles. The Kier molecular flexibility index (Phi) is 7.60. The third-order valence-electron chi connectivity index (χ3n) is 5.69. The van der Waals surface area contributed by atoms with E-state index < -0.39 is 12.1 Å². The van der Waals surface area contributed by atoms with E-state index >= 15 is 0 Å². The van der Waals surface area contributed by atoms with Crippen molar-refractivity contribution in [1.82, 2.24) is 19.6 Å². The standard InChI is InChI=1S/C19H26N4OS.C2HF3O2/c1-14-9-18(25-15(14)2)19(24)22-11-16(10-21-7-3-4-8-21)12-23-17(13-22)5-6-20-23;3-2(4,5)1(6)7/h5-6,9,16H,3-4,7-8,10-13H2,1-2H3;(H,6,7). The van der Waals surface area contributed by atoms with Crippen LogP contribution in [0, 0.1) is 19.8 Å². The molecule has 1 unspecified atom stereocenters. The van der Waals surface area contributed by atoms with Crippen LogP contribution < -0.4 is 0 Å². The lowest BCUT2D eigenvalue weighted by Gasteiger charge is -2.27. The van der Waals surface area contributed by atoms with Crippen molar-refractivity contribution in [3.63, 3.8) is 0 Å². The molecule has 1 fully saturated rings. The summed E-state index contributed by atoms with van der Waals surface area (Å²) < 4.78 is 33.8. The van der Waals surface area contributed by atoms with Gasteiger partial charge in [-0.15, -0.1) is 11.3 Å². The van der Waals surface area contributed by atoms with Gasteiger partial charge in [0.1, 0.15) is 0 Å². The average Bonchev–Trinajstić information content (AvgIpc) is 3.42. The number of hydrogen-bond donors (Lipinski definition) is 1. The first-order valence-corrected chi connectivity index (χ1v) is 11.3. The van der Waals surface area contributed by atoms with Crippen LogP contribution in [-0.2, 0) is 17.9 Å². The van der Waals surface area contributed by atoms with Crippen molar-refractivity contribution in [3.8, 4) is 0 Å². The predicted octanol–water partition coefficient (Wildman–Crippen LogP) is 3.56. The number of halogens is 3. The number of amides is 1. The fourth-order valence-electron chi connectivity index (χ4n) is 3.97. The number of fused-ring (bicyclic) bond motifs is 1. The number of aliphatic carboxylic acids is 1. The molecule has 0 spiro atoms. The molecule has 0 bridgehead atoms. The van der Waals surface area contributed by atoms with Gasteiger partial charge in [-0.1, -0.05) is 0 Å². The van der Waals surface area contributed by atoms with Gasteiger partial charge in [-0.05, 0) is 57.5 Å². The van der Waals surface area contributed by atoms with Crippen LogP contribution in [0.1, 0.15) is 38.6 Å². The van der Waals surface area contributed by atoms with E-state index in [4.69, 9.17) is 9.90 Å². The number of carboxylic acid groups (broad SMARTS) is 1. The number of likely N-dealkylation sites (tertiary alicyclic amines) is 1. The van der Waals surface area contributed by atoms with E-state index in [1.54, 1.807) is 11.3 Å². The molecule has 0 aliphatic carbocycles. The topological polar surface area (TPSA) is 78.7 Å². The summed E-state index contributed by atoms with van der Waals surface area (Å²) in [5.41, 5.74) is 2.35. The van der Waals surface area contributed by atoms with Crippen LogP contribution in [0.4, 0.5) is 13.2 Å². The Morgan fingerprint density at radius 3 is 2.44 bits per heavy atom. The number of rotatable bonds is 3. The molecule has 2 aromatic heterocycles. The first-order valence-electron chi connectivity index (χ1n) is 10.4. The highest BCUT2D eigenvalue weighted by Gasteiger charge is 2.38. The molecule has 2 aromatic rings. The Balaban J connectivity index is 0.000000360. The Hall–Kier alpha value is -2.40. The summed E-state index contributed by atoms with van der Waals surface area (Å²) in [6, 6.07) is 4.09. The minimum atomic E-state index is -5.08. The monoisotopic (exact) mass is 472 g/mol. The lowest BCUT2D eigenvalue weighted by atomic mass is 10.1. The van der Waals surface area contributed by atoms with Gasteiger partial charge in [-0.2, -0.15) is 18.3 Å². The first-order chi connectivity index (χ1) is 15.0. The van der Waals surface area contributed by atoms with Crippen LogP contribution in [0.2, 0.25) is 0 Å². The Labute approximate surface area is 188 Å². The number of carboxylic acids is 1. The molecule has 176 valence electrons. The number of nitrogens with zero attached hydrogens (tertiary/aromatic N) is 4. The second-order valence-corrected chi connectivity index (χ2v) is 9.47. The van der Waals surface area contributed by atoms with E-state index in [0.29, 0.717) is 12.5 Å². The number of carbonyl (C=O) groups excluding carboxylic acids is 1. The predicted molar refractivity (Wildman–Crippen MR) is 114 cm³/mol. The molecule has 1 saturated heterocycles. The van der Waals surface area contributed by atoms with Crippen LogP contribution in [0.5, 0.6) is 0 Å². The highest BCUT2D eigenvalue weighted by molar-refractivity contribution is 7.14. The lowest BCUT2D eigenvalue weighted by Crippen LogP contribution is -2.38. The van der Waals surface area contributed by atoms with E-state index in [1.807, 2.05) is 23.2 Å². The summed E-state index contributed by atoms with van der Waals surface area (Å²) in [4.78, 5) is 28.7. The molecule has 0 radical (unpaired) electrons. The minimum Gasteiger partial charge on any atom is -0.475 e. The van der Waals surface area contributed by atoms with Crippen molar-refractivity contribution in [1.29, 1.82) is 0 Å². The summed E-state index contributed by atoms with van der Waals surface area (Å²) in [6.45, 7) is 10.00. The molecule has 2 aliphatic rings. The maximum absolute atomic E-state index is 13.1. The van der Waals surface area contributed by atoms with E-state index in [2.05, 4.69) is 28.5 Å². The number of aromatic nitrogens is 2. The summed E-state index contributed by atoms with van der Waals surface area (Å²) in [5, 5.41) is 11.6. The van der Waals surface area contributed by atoms with Crippen molar-refractivity contribution in [2.24, 2.45) is 5.92 Å². The van der Waals surface area contributed by atoms with Gasteiger partial charge in [0.15, 0.2) is 0 Å². The zero-order valence-corrected chi connectivity index (χ0v) is 18.9. The van der Waals surface area contributed by atoms with Crippen LogP contribution in [-0.4, -0.2) is 68.9 Å². The van der Waals surface area contributed by atoms with Crippen molar-refractivity contribution in [2.75, 3.05) is 26.2 Å². The van der Waals surface area contributed by atoms with Crippen LogP contribution in [0.15, 0.2) is 18.3 Å². The number of alkyl halides is 3. The van der Waals surface area contributed by atoms with Crippen molar-refractivity contribution in [3.05, 3.63) is 39.3 Å². The molecule has 4 rings (SSSR count). The van der Waals surface area contributed by atoms with E-state index in [-0.39, 0.29) is 5.91 Å². The maximum atomic E-state index is 13.1. The fourth-order valence-corrected chi connectivity index (χ4v) is 4.97. The quantitative estimate of drug-likeness (QED) is 0.739. The van der Waals surface area contributed by atoms with E-state index in [1.165, 1.54) is 36.4 Å². The molecule has 0 aromatic carbocycles. The SMILES string of the molecule is Cc1cc(C(=O)N2Cc3ccnn3CC(CN3CCCC3)C2)sc1C.O=C(O)C(F)(F)F. The summed E-state index contributed by atoms with van der Waals surface area (Å²) in [7, 11) is 0. The summed E-state index contributed by atoms with van der Waals surface area (Å²) >= 11 is 1.62. The molecule has 4 heterocycles. The Morgan fingerprint density at radius 2 is 1.88 bits per heavy atom. The van der Waals surface area contributed by atoms with Crippen molar-refractivity contribution < 1.29 is 27.9 Å². The molecule has 1 amide bonds. The Bertz CT molecular complexity index is 931. The van der Waals surface area contributed by atoms with Gasteiger partial charge in [0.05, 0.1) is 17.1 Å². The van der Waals surface area contributed by atoms with Crippen LogP contribution in [0.3, 0.4) is 0 Å². The number of carbonyl (C=O) groups is 2. The van der Waals surface area contributed by atoms with Crippen molar-refractivity contribution in [2.45, 2.75) is 46.0 Å². The molecule has 1 N–H and O–H groups in total. The third-order valence-corrected chi connectivity index (χ3v) is 6.83. The molecule has 2 aliphatic heterocycles. The van der Waals surface area contributed by atoms with Gasteiger partial charge in [0, 0.05) is 36.6 Å². The van der Waals surface area contributed by atoms with E-state index in [0.717, 1.165) is 30.2 Å². The van der Waals surface area contributed by atoms with Gasteiger partial charge in [0.25, 0.3) is 5.91 Å². The molecule has 7 nitrogen and oxygen atoms in total. The zero-order valence-electron chi connectivity index (χ0n) is 18.1.